The van der Waals surface area contributed by atoms with E-state index in [1.165, 1.54) is 56.7 Å². The Bertz CT molecular complexity index is 7460. The zero-order valence-electron chi connectivity index (χ0n) is 66.9. The van der Waals surface area contributed by atoms with Crippen molar-refractivity contribution in [1.29, 1.82) is 0 Å². The number of pyridine rings is 10. The summed E-state index contributed by atoms with van der Waals surface area (Å²) in [4.78, 5) is 117. The molecule has 0 saturated heterocycles. The monoisotopic (exact) mass is 1740 g/mol. The zero-order valence-corrected chi connectivity index (χ0v) is 71.8. The number of fused-ring (bicyclic) bond motifs is 12. The van der Waals surface area contributed by atoms with Gasteiger partial charge in [-0.15, -0.1) is 11.3 Å². The number of imidazole rings is 6. The van der Waals surface area contributed by atoms with Crippen molar-refractivity contribution >= 4 is 197 Å². The number of para-hydroxylation sites is 3. The van der Waals surface area contributed by atoms with Gasteiger partial charge in [0.1, 0.15) is 144 Å². The van der Waals surface area contributed by atoms with Gasteiger partial charge in [-0.1, -0.05) is 80.9 Å². The highest BCUT2D eigenvalue weighted by Crippen LogP contribution is 2.61. The van der Waals surface area contributed by atoms with Crippen LogP contribution in [-0.4, -0.2) is 137 Å². The van der Waals surface area contributed by atoms with Gasteiger partial charge in [0, 0.05) is 171 Å². The fourth-order valence-corrected chi connectivity index (χ4v) is 22.9. The molecule has 34 heteroatoms. The van der Waals surface area contributed by atoms with Crippen molar-refractivity contribution < 1.29 is 0 Å². The lowest BCUT2D eigenvalue weighted by Gasteiger charge is -2.26. The highest BCUT2D eigenvalue weighted by molar-refractivity contribution is 7.25. The van der Waals surface area contributed by atoms with Crippen LogP contribution < -0.4 is 0 Å². The van der Waals surface area contributed by atoms with Gasteiger partial charge >= 0.3 is 0 Å². The molecule has 0 unspecified atom stereocenters. The molecule has 22 heterocycles. The summed E-state index contributed by atoms with van der Waals surface area (Å²) in [5.41, 5.74) is 23.1. The van der Waals surface area contributed by atoms with Crippen LogP contribution in [0.4, 0.5) is 0 Å². The Balaban J connectivity index is 0.000000138. The summed E-state index contributed by atoms with van der Waals surface area (Å²) in [6.45, 7) is 0. The van der Waals surface area contributed by atoms with Crippen LogP contribution in [0.15, 0.2) is 232 Å². The summed E-state index contributed by atoms with van der Waals surface area (Å²) in [6, 6.07) is 55.4. The third-order valence-corrected chi connectivity index (χ3v) is 28.7. The number of benzene rings is 4. The van der Waals surface area contributed by atoms with E-state index in [9.17, 15) is 0 Å². The fourth-order valence-electron chi connectivity index (χ4n) is 17.1. The second-order valence-electron chi connectivity index (χ2n) is 29.9. The first-order valence-electron chi connectivity index (χ1n) is 39.7. The summed E-state index contributed by atoms with van der Waals surface area (Å²) in [7, 11) is 12.0. The molecule has 0 aliphatic rings. The van der Waals surface area contributed by atoms with Gasteiger partial charge in [-0.3, -0.25) is 0 Å². The van der Waals surface area contributed by atoms with Gasteiger partial charge in [0.05, 0.1) is 21.3 Å². The van der Waals surface area contributed by atoms with Gasteiger partial charge in [-0.2, -0.15) is 0 Å². The molecule has 0 saturated carbocycles. The molecule has 26 aromatic rings. The van der Waals surface area contributed by atoms with E-state index in [4.69, 9.17) is 110 Å². The van der Waals surface area contributed by atoms with E-state index < -0.39 is 0 Å². The zero-order chi connectivity index (χ0) is 83.8. The highest BCUT2D eigenvalue weighted by atomic mass is 32.1. The molecule has 0 bridgehead atoms. The Kier molecular flexibility index (Phi) is 16.6. The standard InChI is InChI=1S/C49H37N17.C43H19N11S6/c1-61-32-20-8-7-14-26(32)55-44(61)33-34(45-56-27-15-9-21-50-39(27)62(45)2)36(47-58-29-17-11-23-52-41(29)64(47)4)38(49-60-31-19-13-25-54-43(31)66(49)6)37(48-59-30-18-12-24-53-42(30)65(48)5)35(33)46-57-28-16-10-22-51-40(28)63(46)3;1-2-14-26-20(8-1)49-38(55-26)27-28(39-50-21-9-3-15-44-33(21)56-39)30(41-52-23-11-5-17-46-35(23)58-41)32(43-54-25-13-7-19-48-37(25)60-43)31(42-53-24-12-6-18-47-36(24)59-42)29(27)40-51-22-10-4-16-45-34(22)57-40/h7-25H,1-6H3;1-19H. The van der Waals surface area contributed by atoms with Crippen LogP contribution in [-0.2, 0) is 42.3 Å². The quantitative estimate of drug-likeness (QED) is 0.110. The summed E-state index contributed by atoms with van der Waals surface area (Å²) in [6.07, 6.45) is 18.0. The van der Waals surface area contributed by atoms with Gasteiger partial charge in [0.15, 0.2) is 28.2 Å². The lowest BCUT2D eigenvalue weighted by atomic mass is 9.83. The average Bonchev–Trinajstić information content (AvgIpc) is 1.48. The van der Waals surface area contributed by atoms with Crippen molar-refractivity contribution in [2.24, 2.45) is 42.3 Å². The Morgan fingerprint density at radius 1 is 0.175 bits per heavy atom. The van der Waals surface area contributed by atoms with Crippen LogP contribution >= 0.6 is 68.0 Å². The summed E-state index contributed by atoms with van der Waals surface area (Å²) in [5, 5.41) is 4.60. The molecule has 0 radical (unpaired) electrons. The number of rotatable bonds is 12. The van der Waals surface area contributed by atoms with Crippen LogP contribution in [0.3, 0.4) is 0 Å². The van der Waals surface area contributed by atoms with Crippen molar-refractivity contribution in [3.05, 3.63) is 232 Å². The molecule has 0 aliphatic carbocycles. The second-order valence-corrected chi connectivity index (χ2v) is 35.8. The second kappa shape index (κ2) is 28.6. The third kappa shape index (κ3) is 11.4. The lowest BCUT2D eigenvalue weighted by Crippen LogP contribution is -2.12. The minimum absolute atomic E-state index is 0.613. The predicted molar refractivity (Wildman–Crippen MR) is 501 cm³/mol. The molecular formula is C92H56N28S6. The van der Waals surface area contributed by atoms with Crippen LogP contribution in [0.5, 0.6) is 0 Å². The van der Waals surface area contributed by atoms with Crippen LogP contribution in [0, 0.1) is 0 Å². The van der Waals surface area contributed by atoms with Crippen molar-refractivity contribution in [3.63, 3.8) is 0 Å². The molecule has 22 aromatic heterocycles. The third-order valence-electron chi connectivity index (χ3n) is 22.7. The number of aromatic nitrogens is 28. The van der Waals surface area contributed by atoms with E-state index in [0.717, 1.165) is 164 Å². The fraction of sp³-hybridized carbons (Fsp3) is 0.0652. The largest absolute Gasteiger partial charge is 0.327 e. The SMILES string of the molecule is Cn1c(-c2c(-c3nc4cccnc4n3C)c(-c3nc4cccnc4n3C)c(-c3nc4cccnc4n3C)c(-c3nc4cccnc4n3C)c2-c2nc3cccnc3n2C)nc2ccccc21.c1ccc2sc(-c3c(-c4nc5cccnc5s4)c(-c4nc5cccnc5s4)c(-c4nc5cccnc5s4)c(-c4nc5cccnc5s4)c3-c3nc4cccnc4s3)nc2c1. The van der Waals surface area contributed by atoms with E-state index in [0.29, 0.717) is 96.4 Å². The van der Waals surface area contributed by atoms with Gasteiger partial charge in [-0.25, -0.2) is 110 Å². The maximum Gasteiger partial charge on any atom is 0.159 e. The van der Waals surface area contributed by atoms with Crippen molar-refractivity contribution in [2.75, 3.05) is 0 Å². The first kappa shape index (κ1) is 73.3. The normalized spacial score (nSPS) is 12.0. The number of nitrogens with zero attached hydrogens (tertiary/aromatic N) is 28. The minimum atomic E-state index is 0.613. The molecule has 0 amide bonds. The predicted octanol–water partition coefficient (Wildman–Crippen LogP) is 20.3. The van der Waals surface area contributed by atoms with E-state index >= 15 is 0 Å². The molecule has 0 atom stereocenters. The summed E-state index contributed by atoms with van der Waals surface area (Å²) in [5.74, 6) is 3.75. The number of hydrogen-bond donors (Lipinski definition) is 0. The van der Waals surface area contributed by atoms with Crippen molar-refractivity contribution in [2.45, 2.75) is 0 Å². The smallest absolute Gasteiger partial charge is 0.159 e. The molecule has 0 aliphatic heterocycles. The molecule has 0 fully saturated rings. The van der Waals surface area contributed by atoms with Crippen LogP contribution in [0.25, 0.3) is 261 Å². The molecule has 26 rings (SSSR count). The van der Waals surface area contributed by atoms with Crippen LogP contribution in [0.2, 0.25) is 0 Å². The van der Waals surface area contributed by atoms with Gasteiger partial charge in [0.2, 0.25) is 0 Å². The van der Waals surface area contributed by atoms with E-state index in [1.54, 1.807) is 60.9 Å². The molecule has 0 spiro atoms. The lowest BCUT2D eigenvalue weighted by molar-refractivity contribution is 0.913. The Morgan fingerprint density at radius 3 is 0.635 bits per heavy atom. The Morgan fingerprint density at radius 2 is 0.381 bits per heavy atom. The van der Waals surface area contributed by atoms with Gasteiger partial charge in [-0.05, 0) is 146 Å². The Labute approximate surface area is 734 Å². The first-order chi connectivity index (χ1) is 62.0. The molecule has 0 N–H and O–H groups in total. The topological polar surface area (TPSA) is 313 Å². The minimum Gasteiger partial charge on any atom is -0.327 e. The molecule has 28 nitrogen and oxygen atoms in total. The molecule has 4 aromatic carbocycles. The molecule has 126 heavy (non-hydrogen) atoms. The Hall–Kier alpha value is -15.5. The molecular weight excluding hydrogens is 1690 g/mol. The summed E-state index contributed by atoms with van der Waals surface area (Å²) < 4.78 is 13.4. The van der Waals surface area contributed by atoms with E-state index in [2.05, 4.69) is 22.8 Å². The number of hydrogen-bond acceptors (Lipinski definition) is 28. The van der Waals surface area contributed by atoms with E-state index in [-0.39, 0.29) is 0 Å². The van der Waals surface area contributed by atoms with Crippen molar-refractivity contribution in [1.82, 2.24) is 137 Å². The maximum absolute atomic E-state index is 5.52. The summed E-state index contributed by atoms with van der Waals surface area (Å²) >= 11 is 9.32. The molecule has 600 valence electrons. The van der Waals surface area contributed by atoms with Gasteiger partial charge < -0.3 is 27.4 Å². The van der Waals surface area contributed by atoms with Crippen molar-refractivity contribution in [3.8, 4) is 132 Å². The highest BCUT2D eigenvalue weighted by Gasteiger charge is 2.41. The van der Waals surface area contributed by atoms with Crippen LogP contribution in [0.1, 0.15) is 0 Å². The van der Waals surface area contributed by atoms with E-state index in [1.807, 2.05) is 229 Å². The first-order valence-corrected chi connectivity index (χ1v) is 44.6. The number of aryl methyl sites for hydroxylation is 6. The average molecular weight is 1750 g/mol. The number of thiazole rings is 6. The van der Waals surface area contributed by atoms with Gasteiger partial charge in [0.25, 0.3) is 0 Å². The maximum atomic E-state index is 5.52.